The smallest absolute Gasteiger partial charge is 0.224 e. The number of benzene rings is 2. The summed E-state index contributed by atoms with van der Waals surface area (Å²) in [7, 11) is 0. The fraction of sp³-hybridized carbons (Fsp3) is 0.464. The van der Waals surface area contributed by atoms with Crippen LogP contribution in [0.4, 0.5) is 11.4 Å². The lowest BCUT2D eigenvalue weighted by Gasteiger charge is -2.40. The highest BCUT2D eigenvalue weighted by molar-refractivity contribution is 5.92. The van der Waals surface area contributed by atoms with Crippen molar-refractivity contribution in [2.75, 3.05) is 18.4 Å². The van der Waals surface area contributed by atoms with Crippen molar-refractivity contribution < 1.29 is 4.79 Å². The molecule has 1 fully saturated rings. The molecule has 33 heavy (non-hydrogen) atoms. The Bertz CT molecular complexity index is 1000. The lowest BCUT2D eigenvalue weighted by atomic mass is 9.85. The van der Waals surface area contributed by atoms with Crippen LogP contribution in [0.3, 0.4) is 0 Å². The molecule has 3 rings (SSSR count). The van der Waals surface area contributed by atoms with Gasteiger partial charge in [-0.15, -0.1) is 0 Å². The molecule has 5 nitrogen and oxygen atoms in total. The number of piperidine rings is 1. The van der Waals surface area contributed by atoms with E-state index in [0.29, 0.717) is 23.8 Å². The Kier molecular flexibility index (Phi) is 8.79. The van der Waals surface area contributed by atoms with Crippen LogP contribution in [0.1, 0.15) is 58.1 Å². The van der Waals surface area contributed by atoms with Crippen molar-refractivity contribution in [1.29, 1.82) is 5.26 Å². The molecule has 0 aromatic heterocycles. The molecule has 1 amide bonds. The van der Waals surface area contributed by atoms with Crippen molar-refractivity contribution in [3.05, 3.63) is 59.7 Å². The number of nitrogens with one attached hydrogen (secondary N) is 1. The van der Waals surface area contributed by atoms with Crippen molar-refractivity contribution in [3.63, 3.8) is 0 Å². The lowest BCUT2D eigenvalue weighted by Crippen LogP contribution is -2.48. The predicted octanol–water partition coefficient (Wildman–Crippen LogP) is 5.98. The molecule has 1 unspecified atom stereocenters. The molecule has 1 aliphatic heterocycles. The molecular weight excluding hydrogens is 408 g/mol. The highest BCUT2D eigenvalue weighted by Gasteiger charge is 2.31. The highest BCUT2D eigenvalue weighted by Crippen LogP contribution is 2.29. The molecule has 5 heteroatoms. The van der Waals surface area contributed by atoms with E-state index in [2.05, 4.69) is 62.2 Å². The van der Waals surface area contributed by atoms with E-state index in [4.69, 9.17) is 10.3 Å². The van der Waals surface area contributed by atoms with Gasteiger partial charge in [0.1, 0.15) is 0 Å². The van der Waals surface area contributed by atoms with Crippen molar-refractivity contribution in [2.45, 2.75) is 59.4 Å². The van der Waals surface area contributed by atoms with Gasteiger partial charge in [0.2, 0.25) is 5.91 Å². The monoisotopic (exact) mass is 444 g/mol. The van der Waals surface area contributed by atoms with Crippen LogP contribution in [0.15, 0.2) is 53.5 Å². The van der Waals surface area contributed by atoms with E-state index in [1.54, 1.807) is 24.3 Å². The summed E-state index contributed by atoms with van der Waals surface area (Å²) in [5.74, 6) is 0.939. The number of likely N-dealkylation sites (tertiary alicyclic amines) is 1. The minimum absolute atomic E-state index is 0.0340. The third kappa shape index (κ3) is 7.00. The summed E-state index contributed by atoms with van der Waals surface area (Å²) in [4.78, 5) is 20.3. The summed E-state index contributed by atoms with van der Waals surface area (Å²) >= 11 is 0. The maximum Gasteiger partial charge on any atom is 0.224 e. The van der Waals surface area contributed by atoms with Crippen LogP contribution < -0.4 is 5.32 Å². The van der Waals surface area contributed by atoms with Gasteiger partial charge in [0.25, 0.3) is 0 Å². The largest absolute Gasteiger partial charge is 0.326 e. The number of carbonyl (C=O) groups is 1. The zero-order valence-electron chi connectivity index (χ0n) is 20.3. The van der Waals surface area contributed by atoms with Gasteiger partial charge in [0.15, 0.2) is 0 Å². The topological polar surface area (TPSA) is 68.5 Å². The Balaban J connectivity index is 1.71. The van der Waals surface area contributed by atoms with Crippen molar-refractivity contribution in [1.82, 2.24) is 4.90 Å². The third-order valence-electron chi connectivity index (χ3n) is 6.34. The van der Waals surface area contributed by atoms with E-state index in [1.807, 2.05) is 6.07 Å². The van der Waals surface area contributed by atoms with Crippen LogP contribution >= 0.6 is 0 Å². The van der Waals surface area contributed by atoms with E-state index in [1.165, 1.54) is 5.56 Å². The van der Waals surface area contributed by atoms with Crippen molar-refractivity contribution in [2.24, 2.45) is 16.8 Å². The predicted molar refractivity (Wildman–Crippen MR) is 136 cm³/mol. The number of nitriles is 1. The van der Waals surface area contributed by atoms with E-state index >= 15 is 0 Å². The second-order valence-electron chi connectivity index (χ2n) is 9.47. The number of aryl methyl sites for hydroxylation is 1. The van der Waals surface area contributed by atoms with Gasteiger partial charge in [-0.2, -0.15) is 5.26 Å². The van der Waals surface area contributed by atoms with Gasteiger partial charge >= 0.3 is 0 Å². The van der Waals surface area contributed by atoms with E-state index in [0.717, 1.165) is 49.4 Å². The van der Waals surface area contributed by atoms with Crippen LogP contribution in [-0.2, 0) is 11.2 Å². The van der Waals surface area contributed by atoms with Crippen LogP contribution in [0.25, 0.3) is 0 Å². The Morgan fingerprint density at radius 2 is 1.94 bits per heavy atom. The number of hydrogen-bond acceptors (Lipinski definition) is 4. The average Bonchev–Trinajstić information content (AvgIpc) is 2.80. The number of aliphatic imine (C=N–C) groups is 1. The fourth-order valence-electron chi connectivity index (χ4n) is 4.68. The molecule has 2 aromatic carbocycles. The van der Waals surface area contributed by atoms with Crippen LogP contribution in [0.2, 0.25) is 0 Å². The number of hydrogen-bond donors (Lipinski definition) is 1. The summed E-state index contributed by atoms with van der Waals surface area (Å²) in [5, 5.41) is 11.9. The standard InChI is InChI=1S/C28H36N4O/c1-5-24-8-6-7-9-26(24)30-21(4)27-16-23(14-15-32(27)19-20(2)3)17-28(33)31-25-12-10-22(18-29)11-13-25/h6-13,20,23,27H,5,14-17,19H2,1-4H3,(H,31,33)/t23?,27-/m1/s1. The molecule has 174 valence electrons. The molecule has 0 saturated carbocycles. The normalized spacial score (nSPS) is 19.3. The number of carbonyl (C=O) groups excluding carboxylic acids is 1. The second-order valence-corrected chi connectivity index (χ2v) is 9.47. The number of anilines is 1. The molecule has 1 saturated heterocycles. The average molecular weight is 445 g/mol. The van der Waals surface area contributed by atoms with E-state index in [9.17, 15) is 4.79 Å². The first kappa shape index (κ1) is 24.7. The first-order chi connectivity index (χ1) is 15.9. The first-order valence-electron chi connectivity index (χ1n) is 12.1. The molecule has 1 heterocycles. The maximum atomic E-state index is 12.7. The van der Waals surface area contributed by atoms with Gasteiger partial charge in [0, 0.05) is 30.4 Å². The van der Waals surface area contributed by atoms with Gasteiger partial charge in [-0.1, -0.05) is 39.0 Å². The minimum atomic E-state index is 0.0340. The van der Waals surface area contributed by atoms with Crippen molar-refractivity contribution in [3.8, 4) is 6.07 Å². The van der Waals surface area contributed by atoms with Gasteiger partial charge < -0.3 is 5.32 Å². The third-order valence-corrected chi connectivity index (χ3v) is 6.34. The number of amides is 1. The quantitative estimate of drug-likeness (QED) is 0.509. The molecule has 1 N–H and O–H groups in total. The minimum Gasteiger partial charge on any atom is -0.326 e. The molecule has 0 spiro atoms. The van der Waals surface area contributed by atoms with Crippen LogP contribution in [0, 0.1) is 23.2 Å². The van der Waals surface area contributed by atoms with Crippen LogP contribution in [-0.4, -0.2) is 35.7 Å². The SMILES string of the molecule is CCc1ccccc1N=C(C)[C@H]1CC(CC(=O)Nc2ccc(C#N)cc2)CCN1CC(C)C. The maximum absolute atomic E-state index is 12.7. The Morgan fingerprint density at radius 3 is 2.61 bits per heavy atom. The number of rotatable bonds is 8. The number of nitrogens with zero attached hydrogens (tertiary/aromatic N) is 3. The van der Waals surface area contributed by atoms with Gasteiger partial charge in [-0.25, -0.2) is 0 Å². The van der Waals surface area contributed by atoms with Gasteiger partial charge in [-0.3, -0.25) is 14.7 Å². The van der Waals surface area contributed by atoms with E-state index < -0.39 is 0 Å². The zero-order chi connectivity index (χ0) is 23.8. The van der Waals surface area contributed by atoms with E-state index in [-0.39, 0.29) is 11.9 Å². The summed E-state index contributed by atoms with van der Waals surface area (Å²) in [5.41, 5.74) is 4.78. The first-order valence-corrected chi connectivity index (χ1v) is 12.1. The molecule has 0 bridgehead atoms. The summed E-state index contributed by atoms with van der Waals surface area (Å²) in [6.07, 6.45) is 3.43. The molecule has 0 radical (unpaired) electrons. The highest BCUT2D eigenvalue weighted by atomic mass is 16.1. The molecular formula is C28H36N4O. The summed E-state index contributed by atoms with van der Waals surface area (Å²) in [6, 6.07) is 17.7. The summed E-state index contributed by atoms with van der Waals surface area (Å²) < 4.78 is 0. The van der Waals surface area contributed by atoms with Gasteiger partial charge in [-0.05, 0) is 80.5 Å². The van der Waals surface area contributed by atoms with Crippen molar-refractivity contribution >= 4 is 23.0 Å². The molecule has 2 atom stereocenters. The Morgan fingerprint density at radius 1 is 1.21 bits per heavy atom. The Labute approximate surface area is 198 Å². The van der Waals surface area contributed by atoms with Gasteiger partial charge in [0.05, 0.1) is 17.3 Å². The Hall–Kier alpha value is -2.97. The summed E-state index contributed by atoms with van der Waals surface area (Å²) in [6.45, 7) is 10.8. The zero-order valence-corrected chi connectivity index (χ0v) is 20.3. The lowest BCUT2D eigenvalue weighted by molar-refractivity contribution is -0.117. The fourth-order valence-corrected chi connectivity index (χ4v) is 4.68. The molecule has 1 aliphatic rings. The second kappa shape index (κ2) is 11.8. The van der Waals surface area contributed by atoms with Crippen LogP contribution in [0.5, 0.6) is 0 Å². The molecule has 2 aromatic rings. The number of para-hydroxylation sites is 1. The molecule has 0 aliphatic carbocycles.